The van der Waals surface area contributed by atoms with Gasteiger partial charge in [0.05, 0.1) is 25.0 Å². The lowest BCUT2D eigenvalue weighted by Gasteiger charge is -2.02. The number of aromatic amines is 1. The quantitative estimate of drug-likeness (QED) is 0.765. The molecular weight excluding hydrogens is 270 g/mol. The summed E-state index contributed by atoms with van der Waals surface area (Å²) in [5.41, 5.74) is 2.67. The number of ether oxygens (including phenoxy) is 1. The van der Waals surface area contributed by atoms with E-state index in [1.165, 1.54) is 4.52 Å². The first kappa shape index (κ1) is 13.4. The first-order valence-electron chi connectivity index (χ1n) is 6.57. The molecule has 0 unspecified atom stereocenters. The number of H-pyrrole nitrogens is 1. The molecule has 2 N–H and O–H groups in total. The van der Waals surface area contributed by atoms with Crippen LogP contribution in [0.3, 0.4) is 0 Å². The summed E-state index contributed by atoms with van der Waals surface area (Å²) in [6.07, 6.45) is 0. The Morgan fingerprint density at radius 2 is 2.05 bits per heavy atom. The zero-order valence-electron chi connectivity index (χ0n) is 11.5. The molecule has 0 aliphatic carbocycles. The monoisotopic (exact) mass is 285 g/mol. The Kier molecular flexibility index (Phi) is 3.45. The summed E-state index contributed by atoms with van der Waals surface area (Å²) in [6, 6.07) is 10.9. The summed E-state index contributed by atoms with van der Waals surface area (Å²) in [5.74, 6) is -0.189. The van der Waals surface area contributed by atoms with Gasteiger partial charge < -0.3 is 14.8 Å². The number of benzene rings is 1. The number of rotatable bonds is 4. The van der Waals surface area contributed by atoms with E-state index in [4.69, 9.17) is 4.74 Å². The van der Waals surface area contributed by atoms with Crippen molar-refractivity contribution >= 4 is 5.65 Å². The van der Waals surface area contributed by atoms with Gasteiger partial charge in [0.25, 0.3) is 5.56 Å². The van der Waals surface area contributed by atoms with Crippen LogP contribution in [0.5, 0.6) is 5.88 Å². The van der Waals surface area contributed by atoms with Gasteiger partial charge in [-0.3, -0.25) is 4.79 Å². The highest BCUT2D eigenvalue weighted by Gasteiger charge is 2.12. The van der Waals surface area contributed by atoms with E-state index >= 15 is 0 Å². The molecule has 0 aliphatic rings. The lowest BCUT2D eigenvalue weighted by atomic mass is 10.2. The molecule has 0 fully saturated rings. The number of aryl methyl sites for hydroxylation is 1. The fraction of sp³-hybridized carbons (Fsp3) is 0.200. The summed E-state index contributed by atoms with van der Waals surface area (Å²) >= 11 is 0. The molecule has 21 heavy (non-hydrogen) atoms. The molecule has 3 aromatic rings. The Labute approximate surface area is 120 Å². The van der Waals surface area contributed by atoms with Gasteiger partial charge in [0.2, 0.25) is 5.88 Å². The number of nitrogens with one attached hydrogen (secondary N) is 1. The van der Waals surface area contributed by atoms with Gasteiger partial charge in [-0.1, -0.05) is 30.3 Å². The summed E-state index contributed by atoms with van der Waals surface area (Å²) in [7, 11) is 0. The average Bonchev–Trinajstić information content (AvgIpc) is 2.78. The van der Waals surface area contributed by atoms with E-state index in [0.29, 0.717) is 24.6 Å². The van der Waals surface area contributed by atoms with E-state index in [9.17, 15) is 9.90 Å². The molecule has 0 radical (unpaired) electrons. The van der Waals surface area contributed by atoms with Crippen LogP contribution in [0.4, 0.5) is 0 Å². The van der Waals surface area contributed by atoms with Crippen molar-refractivity contribution in [3.63, 3.8) is 0 Å². The van der Waals surface area contributed by atoms with Crippen molar-refractivity contribution in [2.24, 2.45) is 0 Å². The molecule has 0 bridgehead atoms. The Morgan fingerprint density at radius 1 is 1.29 bits per heavy atom. The third-order valence-electron chi connectivity index (χ3n) is 3.29. The maximum absolute atomic E-state index is 11.4. The van der Waals surface area contributed by atoms with Gasteiger partial charge in [-0.2, -0.15) is 9.61 Å². The van der Waals surface area contributed by atoms with E-state index in [1.54, 1.807) is 0 Å². The van der Waals surface area contributed by atoms with E-state index in [-0.39, 0.29) is 11.4 Å². The number of hydrogen-bond acceptors (Lipinski definition) is 4. The van der Waals surface area contributed by atoms with Crippen molar-refractivity contribution in [2.75, 3.05) is 0 Å². The van der Waals surface area contributed by atoms with E-state index < -0.39 is 0 Å². The Bertz CT molecular complexity index is 821. The van der Waals surface area contributed by atoms with Gasteiger partial charge in [0, 0.05) is 5.56 Å². The Balaban J connectivity index is 1.80. The van der Waals surface area contributed by atoms with Crippen LogP contribution >= 0.6 is 0 Å². The minimum Gasteiger partial charge on any atom is -0.493 e. The molecule has 3 rings (SSSR count). The second-order valence-corrected chi connectivity index (χ2v) is 4.80. The van der Waals surface area contributed by atoms with Gasteiger partial charge in [0.1, 0.15) is 5.65 Å². The van der Waals surface area contributed by atoms with E-state index in [0.717, 1.165) is 17.2 Å². The predicted octanol–water partition coefficient (Wildman–Crippen LogP) is 1.75. The highest BCUT2D eigenvalue weighted by molar-refractivity contribution is 5.50. The highest BCUT2D eigenvalue weighted by atomic mass is 16.5. The van der Waals surface area contributed by atoms with Crippen molar-refractivity contribution in [3.05, 3.63) is 63.6 Å². The molecule has 0 atom stereocenters. The van der Waals surface area contributed by atoms with Crippen LogP contribution in [-0.4, -0.2) is 19.7 Å². The molecule has 6 heteroatoms. The smallest absolute Gasteiger partial charge is 0.254 e. The van der Waals surface area contributed by atoms with Crippen LogP contribution in [-0.2, 0) is 18.0 Å². The summed E-state index contributed by atoms with van der Waals surface area (Å²) in [4.78, 5) is 14.0. The topological polar surface area (TPSA) is 79.6 Å². The minimum absolute atomic E-state index is 0.189. The van der Waals surface area contributed by atoms with Crippen molar-refractivity contribution in [1.82, 2.24) is 14.6 Å². The molecular formula is C15H15N3O3. The number of aromatic nitrogens is 3. The summed E-state index contributed by atoms with van der Waals surface area (Å²) in [5, 5.41) is 14.0. The third kappa shape index (κ3) is 2.66. The second-order valence-electron chi connectivity index (χ2n) is 4.80. The van der Waals surface area contributed by atoms with Crippen molar-refractivity contribution in [1.29, 1.82) is 0 Å². The van der Waals surface area contributed by atoms with E-state index in [1.807, 2.05) is 37.3 Å². The van der Waals surface area contributed by atoms with Gasteiger partial charge in [-0.15, -0.1) is 0 Å². The largest absolute Gasteiger partial charge is 0.493 e. The minimum atomic E-state index is -0.361. The van der Waals surface area contributed by atoms with Crippen LogP contribution in [0.2, 0.25) is 0 Å². The number of fused-ring (bicyclic) bond motifs is 1. The molecule has 0 saturated carbocycles. The first-order valence-corrected chi connectivity index (χ1v) is 6.57. The van der Waals surface area contributed by atoms with Crippen LogP contribution in [0.15, 0.2) is 41.2 Å². The maximum atomic E-state index is 11.4. The van der Waals surface area contributed by atoms with E-state index in [2.05, 4.69) is 10.1 Å². The number of hydrogen-bond donors (Lipinski definition) is 2. The third-order valence-corrected chi connectivity index (χ3v) is 3.29. The molecule has 0 amide bonds. The molecule has 1 aromatic carbocycles. The highest BCUT2D eigenvalue weighted by Crippen LogP contribution is 2.17. The van der Waals surface area contributed by atoms with Gasteiger partial charge in [-0.05, 0) is 12.5 Å². The zero-order chi connectivity index (χ0) is 14.8. The number of nitrogens with zero attached hydrogens (tertiary/aromatic N) is 2. The van der Waals surface area contributed by atoms with Crippen LogP contribution in [0.1, 0.15) is 16.8 Å². The van der Waals surface area contributed by atoms with Crippen LogP contribution in [0.25, 0.3) is 5.65 Å². The zero-order valence-corrected chi connectivity index (χ0v) is 11.5. The summed E-state index contributed by atoms with van der Waals surface area (Å²) in [6.45, 7) is 2.62. The molecule has 0 aliphatic heterocycles. The molecule has 0 saturated heterocycles. The first-order chi connectivity index (χ1) is 10.1. The molecule has 0 spiro atoms. The van der Waals surface area contributed by atoms with Crippen LogP contribution in [0, 0.1) is 6.92 Å². The van der Waals surface area contributed by atoms with Gasteiger partial charge in [0.15, 0.2) is 0 Å². The SMILES string of the molecule is Cc1c(COCc2ccccc2)nn2c(O)cc(=O)[nH]c12. The maximum Gasteiger partial charge on any atom is 0.254 e. The average molecular weight is 285 g/mol. The molecule has 6 nitrogen and oxygen atoms in total. The Morgan fingerprint density at radius 3 is 2.81 bits per heavy atom. The molecule has 2 heterocycles. The van der Waals surface area contributed by atoms with Gasteiger partial charge in [-0.25, -0.2) is 0 Å². The normalized spacial score (nSPS) is 11.1. The lowest BCUT2D eigenvalue weighted by Crippen LogP contribution is -2.07. The Hall–Kier alpha value is -2.60. The number of aromatic hydroxyl groups is 1. The molecule has 2 aromatic heterocycles. The molecule has 108 valence electrons. The van der Waals surface area contributed by atoms with Gasteiger partial charge >= 0.3 is 0 Å². The van der Waals surface area contributed by atoms with Crippen molar-refractivity contribution in [2.45, 2.75) is 20.1 Å². The fourth-order valence-corrected chi connectivity index (χ4v) is 2.16. The lowest BCUT2D eigenvalue weighted by molar-refractivity contribution is 0.104. The standard InChI is InChI=1S/C15H15N3O3/c1-10-12(9-21-8-11-5-3-2-4-6-11)17-18-14(20)7-13(19)16-15(10)18/h2-7,20H,8-9H2,1H3,(H,16,19). The summed E-state index contributed by atoms with van der Waals surface area (Å²) < 4.78 is 6.94. The van der Waals surface area contributed by atoms with Crippen molar-refractivity contribution in [3.8, 4) is 5.88 Å². The predicted molar refractivity (Wildman–Crippen MR) is 77.1 cm³/mol. The van der Waals surface area contributed by atoms with Crippen molar-refractivity contribution < 1.29 is 9.84 Å². The second kappa shape index (κ2) is 5.41. The fourth-order valence-electron chi connectivity index (χ4n) is 2.16. The van der Waals surface area contributed by atoms with Crippen LogP contribution < -0.4 is 5.56 Å².